The standard InChI is InChI=1S/C18H18N2OS/c21-17(14-15-8-3-1-4-9-15)20-12-7-13-22-18(20)19-16-10-5-2-6-11-16/h1-6,8-11H,7,12-14H2. The van der Waals surface area contributed by atoms with Crippen molar-refractivity contribution in [1.82, 2.24) is 4.90 Å². The number of benzene rings is 2. The van der Waals surface area contributed by atoms with Crippen molar-refractivity contribution < 1.29 is 4.79 Å². The second-order valence-electron chi connectivity index (χ2n) is 5.14. The molecule has 22 heavy (non-hydrogen) atoms. The molecule has 3 nitrogen and oxygen atoms in total. The first kappa shape index (κ1) is 14.9. The van der Waals surface area contributed by atoms with E-state index in [1.165, 1.54) is 0 Å². The molecule has 2 aromatic carbocycles. The van der Waals surface area contributed by atoms with Gasteiger partial charge in [-0.15, -0.1) is 0 Å². The first-order valence-electron chi connectivity index (χ1n) is 7.44. The fourth-order valence-electron chi connectivity index (χ4n) is 2.36. The topological polar surface area (TPSA) is 32.7 Å². The van der Waals surface area contributed by atoms with Gasteiger partial charge in [-0.05, 0) is 24.1 Å². The lowest BCUT2D eigenvalue weighted by molar-refractivity contribution is -0.126. The Morgan fingerprint density at radius 1 is 1.05 bits per heavy atom. The summed E-state index contributed by atoms with van der Waals surface area (Å²) in [7, 11) is 0. The van der Waals surface area contributed by atoms with Crippen molar-refractivity contribution in [3.05, 3.63) is 66.2 Å². The average Bonchev–Trinajstić information content (AvgIpc) is 2.57. The fourth-order valence-corrected chi connectivity index (χ4v) is 3.34. The van der Waals surface area contributed by atoms with Crippen LogP contribution in [0.5, 0.6) is 0 Å². The molecule has 1 aliphatic heterocycles. The van der Waals surface area contributed by atoms with Gasteiger partial charge in [0.2, 0.25) is 5.91 Å². The minimum Gasteiger partial charge on any atom is -0.291 e. The van der Waals surface area contributed by atoms with Gasteiger partial charge in [-0.25, -0.2) is 4.99 Å². The Morgan fingerprint density at radius 2 is 1.73 bits per heavy atom. The zero-order valence-corrected chi connectivity index (χ0v) is 13.1. The lowest BCUT2D eigenvalue weighted by atomic mass is 10.1. The number of hydrogen-bond acceptors (Lipinski definition) is 3. The van der Waals surface area contributed by atoms with Crippen LogP contribution >= 0.6 is 11.8 Å². The largest absolute Gasteiger partial charge is 0.291 e. The summed E-state index contributed by atoms with van der Waals surface area (Å²) in [6.07, 6.45) is 1.44. The van der Waals surface area contributed by atoms with E-state index in [1.807, 2.05) is 65.6 Å². The van der Waals surface area contributed by atoms with Crippen LogP contribution in [0.1, 0.15) is 12.0 Å². The van der Waals surface area contributed by atoms with E-state index < -0.39 is 0 Å². The Hall–Kier alpha value is -2.07. The van der Waals surface area contributed by atoms with E-state index in [0.29, 0.717) is 6.42 Å². The second-order valence-corrected chi connectivity index (χ2v) is 6.20. The predicted octanol–water partition coefficient (Wildman–Crippen LogP) is 3.88. The molecule has 2 aromatic rings. The van der Waals surface area contributed by atoms with Gasteiger partial charge in [-0.2, -0.15) is 0 Å². The molecule has 3 rings (SSSR count). The molecule has 0 spiro atoms. The number of hydrogen-bond donors (Lipinski definition) is 0. The van der Waals surface area contributed by atoms with E-state index in [4.69, 9.17) is 0 Å². The molecule has 1 aliphatic rings. The minimum absolute atomic E-state index is 0.119. The van der Waals surface area contributed by atoms with Crippen LogP contribution in [0.2, 0.25) is 0 Å². The van der Waals surface area contributed by atoms with E-state index in [9.17, 15) is 4.79 Å². The summed E-state index contributed by atoms with van der Waals surface area (Å²) in [6.45, 7) is 0.754. The van der Waals surface area contributed by atoms with Crippen molar-refractivity contribution in [3.8, 4) is 0 Å². The first-order chi connectivity index (χ1) is 10.8. The van der Waals surface area contributed by atoms with Gasteiger partial charge >= 0.3 is 0 Å². The van der Waals surface area contributed by atoms with Crippen LogP contribution in [0.3, 0.4) is 0 Å². The van der Waals surface area contributed by atoms with Gasteiger partial charge in [0.1, 0.15) is 0 Å². The monoisotopic (exact) mass is 310 g/mol. The number of nitrogens with zero attached hydrogens (tertiary/aromatic N) is 2. The molecular formula is C18H18N2OS. The van der Waals surface area contributed by atoms with Gasteiger partial charge in [0.25, 0.3) is 0 Å². The maximum atomic E-state index is 12.6. The van der Waals surface area contributed by atoms with Crippen LogP contribution in [-0.2, 0) is 11.2 Å². The predicted molar refractivity (Wildman–Crippen MR) is 92.5 cm³/mol. The van der Waals surface area contributed by atoms with Crippen LogP contribution in [0, 0.1) is 0 Å². The van der Waals surface area contributed by atoms with E-state index in [-0.39, 0.29) is 5.91 Å². The van der Waals surface area contributed by atoms with Gasteiger partial charge in [0.05, 0.1) is 12.1 Å². The number of thioether (sulfide) groups is 1. The van der Waals surface area contributed by atoms with Gasteiger partial charge in [-0.3, -0.25) is 9.69 Å². The molecule has 0 aliphatic carbocycles. The van der Waals surface area contributed by atoms with Crippen LogP contribution in [0.4, 0.5) is 5.69 Å². The number of amidine groups is 1. The van der Waals surface area contributed by atoms with Crippen LogP contribution in [0.25, 0.3) is 0 Å². The smallest absolute Gasteiger partial charge is 0.232 e. The van der Waals surface area contributed by atoms with Crippen molar-refractivity contribution in [3.63, 3.8) is 0 Å². The third kappa shape index (κ3) is 3.77. The molecule has 0 aromatic heterocycles. The van der Waals surface area contributed by atoms with Gasteiger partial charge in [0, 0.05) is 12.3 Å². The normalized spacial score (nSPS) is 16.7. The molecule has 0 bridgehead atoms. The third-order valence-electron chi connectivity index (χ3n) is 3.47. The molecule has 1 heterocycles. The lowest BCUT2D eigenvalue weighted by Gasteiger charge is -2.27. The SMILES string of the molecule is O=C(Cc1ccccc1)N1CCCSC1=Nc1ccccc1. The number of amides is 1. The Labute approximate surface area is 135 Å². The summed E-state index contributed by atoms with van der Waals surface area (Å²) in [5, 5.41) is 0.818. The van der Waals surface area contributed by atoms with Crippen molar-refractivity contribution in [2.24, 2.45) is 4.99 Å². The molecular weight excluding hydrogens is 292 g/mol. The zero-order valence-electron chi connectivity index (χ0n) is 12.3. The van der Waals surface area contributed by atoms with E-state index in [1.54, 1.807) is 11.8 Å². The summed E-state index contributed by atoms with van der Waals surface area (Å²) >= 11 is 1.66. The van der Waals surface area contributed by atoms with Gasteiger partial charge < -0.3 is 0 Å². The highest BCUT2D eigenvalue weighted by Gasteiger charge is 2.23. The maximum Gasteiger partial charge on any atom is 0.232 e. The zero-order chi connectivity index (χ0) is 15.2. The average molecular weight is 310 g/mol. The van der Waals surface area contributed by atoms with Crippen molar-refractivity contribution in [2.75, 3.05) is 12.3 Å². The highest BCUT2D eigenvalue weighted by molar-refractivity contribution is 8.13. The van der Waals surface area contributed by atoms with Crippen molar-refractivity contribution >= 4 is 28.5 Å². The molecule has 0 unspecified atom stereocenters. The minimum atomic E-state index is 0.119. The number of para-hydroxylation sites is 1. The molecule has 1 amide bonds. The third-order valence-corrected chi connectivity index (χ3v) is 4.53. The van der Waals surface area contributed by atoms with Gasteiger partial charge in [-0.1, -0.05) is 60.3 Å². The number of carbonyl (C=O) groups excluding carboxylic acids is 1. The molecule has 112 valence electrons. The van der Waals surface area contributed by atoms with E-state index in [2.05, 4.69) is 4.99 Å². The maximum absolute atomic E-state index is 12.6. The van der Waals surface area contributed by atoms with Gasteiger partial charge in [0.15, 0.2) is 5.17 Å². The lowest BCUT2D eigenvalue weighted by Crippen LogP contribution is -2.40. The summed E-state index contributed by atoms with van der Waals surface area (Å²) in [5.74, 6) is 1.13. The molecule has 0 radical (unpaired) electrons. The van der Waals surface area contributed by atoms with Crippen molar-refractivity contribution in [1.29, 1.82) is 0 Å². The molecule has 0 saturated carbocycles. The van der Waals surface area contributed by atoms with Crippen molar-refractivity contribution in [2.45, 2.75) is 12.8 Å². The Balaban J connectivity index is 1.78. The quantitative estimate of drug-likeness (QED) is 0.862. The van der Waals surface area contributed by atoms with E-state index >= 15 is 0 Å². The summed E-state index contributed by atoms with van der Waals surface area (Å²) in [6, 6.07) is 19.7. The highest BCUT2D eigenvalue weighted by Crippen LogP contribution is 2.23. The Kier molecular flexibility index (Phi) is 4.91. The molecule has 0 N–H and O–H groups in total. The molecule has 1 saturated heterocycles. The molecule has 0 atom stereocenters. The second kappa shape index (κ2) is 7.27. The number of aliphatic imine (C=N–C) groups is 1. The number of carbonyl (C=O) groups is 1. The van der Waals surface area contributed by atoms with Crippen LogP contribution in [-0.4, -0.2) is 28.3 Å². The number of rotatable bonds is 3. The summed E-state index contributed by atoms with van der Waals surface area (Å²) in [5.41, 5.74) is 1.94. The fraction of sp³-hybridized carbons (Fsp3) is 0.222. The highest BCUT2D eigenvalue weighted by atomic mass is 32.2. The summed E-state index contributed by atoms with van der Waals surface area (Å²) < 4.78 is 0. The van der Waals surface area contributed by atoms with Crippen LogP contribution in [0.15, 0.2) is 65.7 Å². The molecule has 1 fully saturated rings. The van der Waals surface area contributed by atoms with E-state index in [0.717, 1.165) is 35.1 Å². The van der Waals surface area contributed by atoms with Crippen LogP contribution < -0.4 is 0 Å². The first-order valence-corrected chi connectivity index (χ1v) is 8.42. The molecule has 4 heteroatoms. The Bertz CT molecular complexity index is 655. The summed E-state index contributed by atoms with van der Waals surface area (Å²) in [4.78, 5) is 19.1. The Morgan fingerprint density at radius 3 is 2.45 bits per heavy atom.